The van der Waals surface area contributed by atoms with E-state index in [0.29, 0.717) is 11.4 Å². The molecule has 0 aliphatic heterocycles. The first-order valence-electron chi connectivity index (χ1n) is 5.04. The largest absolute Gasteiger partial charge is 0.396 e. The minimum atomic E-state index is -0.500. The number of anilines is 1. The maximum Gasteiger partial charge on any atom is 0.343 e. The van der Waals surface area contributed by atoms with Crippen molar-refractivity contribution in [2.75, 3.05) is 19.0 Å². The predicted molar refractivity (Wildman–Crippen MR) is 65.3 cm³/mol. The Labute approximate surface area is 103 Å². The molecule has 0 aliphatic rings. The molecule has 1 unspecified atom stereocenters. The lowest BCUT2D eigenvalue weighted by molar-refractivity contribution is -0.387. The van der Waals surface area contributed by atoms with Crippen molar-refractivity contribution in [2.24, 2.45) is 0 Å². The van der Waals surface area contributed by atoms with Crippen molar-refractivity contribution >= 4 is 23.3 Å². The number of aliphatic hydroxyl groups is 1. The van der Waals surface area contributed by atoms with Crippen molar-refractivity contribution in [2.45, 2.75) is 23.6 Å². The summed E-state index contributed by atoms with van der Waals surface area (Å²) in [5.41, 5.74) is -0.121. The number of hydrogen-bond donors (Lipinski definition) is 2. The van der Waals surface area contributed by atoms with Gasteiger partial charge >= 0.3 is 5.69 Å². The van der Waals surface area contributed by atoms with Crippen molar-refractivity contribution in [3.8, 4) is 0 Å². The molecule has 1 atom stereocenters. The monoisotopic (exact) mass is 258 g/mol. The lowest BCUT2D eigenvalue weighted by atomic mass is 10.3. The van der Waals surface area contributed by atoms with Crippen LogP contribution in [-0.4, -0.2) is 38.9 Å². The van der Waals surface area contributed by atoms with Crippen LogP contribution in [0.5, 0.6) is 0 Å². The molecule has 17 heavy (non-hydrogen) atoms. The number of aliphatic hydroxyl groups excluding tert-OH is 1. The van der Waals surface area contributed by atoms with E-state index >= 15 is 0 Å². The van der Waals surface area contributed by atoms with Gasteiger partial charge in [0.1, 0.15) is 6.33 Å². The van der Waals surface area contributed by atoms with Gasteiger partial charge in [0.15, 0.2) is 5.03 Å². The first-order valence-corrected chi connectivity index (χ1v) is 5.92. The summed E-state index contributed by atoms with van der Waals surface area (Å²) in [6, 6.07) is 0. The standard InChI is InChI=1S/C9H14N4O3S/c1-6(3-4-14)17-9-7(13(15)16)8(10-2)11-5-12-9/h5-6,14H,3-4H2,1-2H3,(H,10,11,12). The van der Waals surface area contributed by atoms with Crippen molar-refractivity contribution in [1.82, 2.24) is 9.97 Å². The zero-order valence-electron chi connectivity index (χ0n) is 9.58. The van der Waals surface area contributed by atoms with E-state index in [9.17, 15) is 10.1 Å². The van der Waals surface area contributed by atoms with Crippen LogP contribution in [-0.2, 0) is 0 Å². The average Bonchev–Trinajstić information content (AvgIpc) is 2.28. The van der Waals surface area contributed by atoms with Gasteiger partial charge in [-0.25, -0.2) is 9.97 Å². The van der Waals surface area contributed by atoms with Crippen LogP contribution in [0.4, 0.5) is 11.5 Å². The molecule has 94 valence electrons. The van der Waals surface area contributed by atoms with E-state index in [-0.39, 0.29) is 23.4 Å². The zero-order valence-corrected chi connectivity index (χ0v) is 10.4. The molecule has 0 radical (unpaired) electrons. The van der Waals surface area contributed by atoms with Crippen LogP contribution in [0, 0.1) is 10.1 Å². The van der Waals surface area contributed by atoms with Gasteiger partial charge in [-0.2, -0.15) is 0 Å². The fraction of sp³-hybridized carbons (Fsp3) is 0.556. The number of aromatic nitrogens is 2. The number of nitrogens with zero attached hydrogens (tertiary/aromatic N) is 3. The van der Waals surface area contributed by atoms with Crippen LogP contribution in [0.25, 0.3) is 0 Å². The molecule has 1 aromatic rings. The van der Waals surface area contributed by atoms with Crippen molar-refractivity contribution < 1.29 is 10.0 Å². The Morgan fingerprint density at radius 2 is 2.35 bits per heavy atom. The minimum absolute atomic E-state index is 0.0476. The molecular formula is C9H14N4O3S. The summed E-state index contributed by atoms with van der Waals surface area (Å²) in [7, 11) is 1.57. The normalized spacial score (nSPS) is 12.2. The smallest absolute Gasteiger partial charge is 0.343 e. The van der Waals surface area contributed by atoms with E-state index in [0.717, 1.165) is 0 Å². The number of rotatable bonds is 6. The van der Waals surface area contributed by atoms with E-state index in [1.165, 1.54) is 18.1 Å². The Kier molecular flexibility index (Phi) is 5.11. The molecule has 8 heteroatoms. The molecule has 1 aromatic heterocycles. The van der Waals surface area contributed by atoms with Gasteiger partial charge in [-0.05, 0) is 6.42 Å². The molecule has 0 spiro atoms. The van der Waals surface area contributed by atoms with Gasteiger partial charge in [-0.15, -0.1) is 0 Å². The second-order valence-corrected chi connectivity index (χ2v) is 4.75. The maximum atomic E-state index is 11.0. The summed E-state index contributed by atoms with van der Waals surface area (Å²) >= 11 is 1.26. The second-order valence-electron chi connectivity index (χ2n) is 3.32. The van der Waals surface area contributed by atoms with Crippen LogP contribution in [0.2, 0.25) is 0 Å². The lowest BCUT2D eigenvalue weighted by Gasteiger charge is -2.09. The highest BCUT2D eigenvalue weighted by molar-refractivity contribution is 8.00. The third kappa shape index (κ3) is 3.53. The molecule has 7 nitrogen and oxygen atoms in total. The topological polar surface area (TPSA) is 101 Å². The van der Waals surface area contributed by atoms with Crippen LogP contribution in [0.15, 0.2) is 11.4 Å². The number of thioether (sulfide) groups is 1. The second kappa shape index (κ2) is 6.36. The van der Waals surface area contributed by atoms with E-state index in [4.69, 9.17) is 5.11 Å². The molecular weight excluding hydrogens is 244 g/mol. The zero-order chi connectivity index (χ0) is 12.8. The van der Waals surface area contributed by atoms with Gasteiger partial charge in [-0.3, -0.25) is 10.1 Å². The van der Waals surface area contributed by atoms with E-state index in [2.05, 4.69) is 15.3 Å². The number of nitrogens with one attached hydrogen (secondary N) is 1. The van der Waals surface area contributed by atoms with Crippen molar-refractivity contribution in [3.05, 3.63) is 16.4 Å². The summed E-state index contributed by atoms with van der Waals surface area (Å²) in [4.78, 5) is 18.2. The molecule has 0 saturated heterocycles. The van der Waals surface area contributed by atoms with Gasteiger partial charge in [0.2, 0.25) is 5.82 Å². The van der Waals surface area contributed by atoms with Gasteiger partial charge in [0, 0.05) is 18.9 Å². The fourth-order valence-electron chi connectivity index (χ4n) is 1.23. The van der Waals surface area contributed by atoms with Gasteiger partial charge in [0.25, 0.3) is 0 Å². The molecule has 0 amide bonds. The Bertz CT molecular complexity index is 402. The van der Waals surface area contributed by atoms with Crippen LogP contribution < -0.4 is 5.32 Å². The Morgan fingerprint density at radius 1 is 1.65 bits per heavy atom. The molecule has 1 heterocycles. The average molecular weight is 258 g/mol. The maximum absolute atomic E-state index is 11.0. The Balaban J connectivity index is 3.02. The number of hydrogen-bond acceptors (Lipinski definition) is 7. The van der Waals surface area contributed by atoms with Crippen molar-refractivity contribution in [1.29, 1.82) is 0 Å². The Morgan fingerprint density at radius 3 is 2.88 bits per heavy atom. The highest BCUT2D eigenvalue weighted by Gasteiger charge is 2.23. The van der Waals surface area contributed by atoms with Gasteiger partial charge in [0.05, 0.1) is 4.92 Å². The Hall–Kier alpha value is -1.41. The summed E-state index contributed by atoms with van der Waals surface area (Å²) in [5, 5.41) is 22.8. The first kappa shape index (κ1) is 13.7. The van der Waals surface area contributed by atoms with Crippen LogP contribution in [0.1, 0.15) is 13.3 Å². The molecule has 2 N–H and O–H groups in total. The SMILES string of the molecule is CNc1ncnc(SC(C)CCO)c1[N+](=O)[O-]. The third-order valence-electron chi connectivity index (χ3n) is 2.06. The quantitative estimate of drug-likeness (QED) is 0.343. The van der Waals surface area contributed by atoms with Crippen LogP contribution in [0.3, 0.4) is 0 Å². The molecule has 0 fully saturated rings. The summed E-state index contributed by atoms with van der Waals surface area (Å²) in [5.74, 6) is 0.198. The van der Waals surface area contributed by atoms with E-state index in [1.54, 1.807) is 7.05 Å². The van der Waals surface area contributed by atoms with Gasteiger partial charge < -0.3 is 10.4 Å². The molecule has 0 aromatic carbocycles. The van der Waals surface area contributed by atoms with E-state index in [1.807, 2.05) is 6.92 Å². The minimum Gasteiger partial charge on any atom is -0.396 e. The third-order valence-corrected chi connectivity index (χ3v) is 3.22. The first-order chi connectivity index (χ1) is 8.10. The summed E-state index contributed by atoms with van der Waals surface area (Å²) in [6.07, 6.45) is 1.84. The molecule has 0 saturated carbocycles. The summed E-state index contributed by atoms with van der Waals surface area (Å²) < 4.78 is 0. The fourth-order valence-corrected chi connectivity index (χ4v) is 2.22. The highest BCUT2D eigenvalue weighted by atomic mass is 32.2. The molecule has 0 aliphatic carbocycles. The number of nitro groups is 1. The summed E-state index contributed by atoms with van der Waals surface area (Å²) in [6.45, 7) is 1.93. The lowest BCUT2D eigenvalue weighted by Crippen LogP contribution is -2.05. The van der Waals surface area contributed by atoms with Gasteiger partial charge in [-0.1, -0.05) is 18.7 Å². The van der Waals surface area contributed by atoms with Crippen molar-refractivity contribution in [3.63, 3.8) is 0 Å². The molecule has 0 bridgehead atoms. The van der Waals surface area contributed by atoms with Crippen LogP contribution >= 0.6 is 11.8 Å². The predicted octanol–water partition coefficient (Wildman–Crippen LogP) is 1.29. The highest BCUT2D eigenvalue weighted by Crippen LogP contribution is 2.34. The molecule has 1 rings (SSSR count). The van der Waals surface area contributed by atoms with E-state index < -0.39 is 4.92 Å².